The Balaban J connectivity index is 2.06. The first-order valence-corrected chi connectivity index (χ1v) is 5.15. The van der Waals surface area contributed by atoms with E-state index in [1.54, 1.807) is 0 Å². The highest BCUT2D eigenvalue weighted by atomic mass is 35.5. The van der Waals surface area contributed by atoms with Crippen molar-refractivity contribution in [3.63, 3.8) is 0 Å². The maximum absolute atomic E-state index is 5.91. The van der Waals surface area contributed by atoms with Gasteiger partial charge in [-0.3, -0.25) is 0 Å². The van der Waals surface area contributed by atoms with Crippen LogP contribution in [0.5, 0.6) is 5.88 Å². The van der Waals surface area contributed by atoms with Crippen molar-refractivity contribution >= 4 is 17.4 Å². The van der Waals surface area contributed by atoms with Crippen molar-refractivity contribution in [2.75, 3.05) is 18.9 Å². The topological polar surface area (TPSA) is 70.3 Å². The minimum Gasteiger partial charge on any atom is -0.473 e. The summed E-state index contributed by atoms with van der Waals surface area (Å²) in [5.74, 6) is 0.602. The highest BCUT2D eigenvalue weighted by Gasteiger charge is 2.18. The van der Waals surface area contributed by atoms with Crippen molar-refractivity contribution in [1.29, 1.82) is 0 Å². The lowest BCUT2D eigenvalue weighted by molar-refractivity contribution is 0.0237. The first-order chi connectivity index (χ1) is 7.27. The van der Waals surface area contributed by atoms with Gasteiger partial charge in [0.25, 0.3) is 0 Å². The maximum atomic E-state index is 5.91. The molecule has 1 aromatic rings. The van der Waals surface area contributed by atoms with Gasteiger partial charge in [-0.1, -0.05) is 11.6 Å². The van der Waals surface area contributed by atoms with Gasteiger partial charge in [-0.2, -0.15) is 0 Å². The second-order valence-corrected chi connectivity index (χ2v) is 3.69. The molecule has 1 aliphatic heterocycles. The summed E-state index contributed by atoms with van der Waals surface area (Å²) in [5.41, 5.74) is 5.54. The van der Waals surface area contributed by atoms with Crippen molar-refractivity contribution in [2.24, 2.45) is 0 Å². The van der Waals surface area contributed by atoms with Crippen LogP contribution < -0.4 is 10.5 Å². The predicted molar refractivity (Wildman–Crippen MR) is 55.9 cm³/mol. The van der Waals surface area contributed by atoms with Crippen molar-refractivity contribution in [1.82, 2.24) is 9.97 Å². The van der Waals surface area contributed by atoms with Crippen LogP contribution >= 0.6 is 11.6 Å². The highest BCUT2D eigenvalue weighted by molar-refractivity contribution is 6.33. The molecule has 15 heavy (non-hydrogen) atoms. The van der Waals surface area contributed by atoms with Crippen molar-refractivity contribution < 1.29 is 9.47 Å². The number of nitrogens with zero attached hydrogens (tertiary/aromatic N) is 2. The Morgan fingerprint density at radius 3 is 2.87 bits per heavy atom. The molecule has 5 nitrogen and oxygen atoms in total. The summed E-state index contributed by atoms with van der Waals surface area (Å²) in [7, 11) is 0. The molecule has 1 aromatic heterocycles. The third-order valence-electron chi connectivity index (χ3n) is 2.23. The third-order valence-corrected chi connectivity index (χ3v) is 2.59. The fourth-order valence-corrected chi connectivity index (χ4v) is 1.54. The van der Waals surface area contributed by atoms with Crippen LogP contribution in [0.1, 0.15) is 12.8 Å². The van der Waals surface area contributed by atoms with Crippen LogP contribution in [0.15, 0.2) is 6.33 Å². The lowest BCUT2D eigenvalue weighted by Gasteiger charge is -2.23. The number of rotatable bonds is 2. The SMILES string of the molecule is Nc1ncnc(OC2CCOCC2)c1Cl. The van der Waals surface area contributed by atoms with E-state index in [2.05, 4.69) is 9.97 Å². The van der Waals surface area contributed by atoms with E-state index < -0.39 is 0 Å². The summed E-state index contributed by atoms with van der Waals surface area (Å²) in [6.45, 7) is 1.42. The number of aromatic nitrogens is 2. The number of ether oxygens (including phenoxy) is 2. The molecule has 1 aliphatic rings. The highest BCUT2D eigenvalue weighted by Crippen LogP contribution is 2.27. The van der Waals surface area contributed by atoms with Crippen LogP contribution in [-0.4, -0.2) is 29.3 Å². The standard InChI is InChI=1S/C9H12ClN3O2/c10-7-8(11)12-5-13-9(7)15-6-1-3-14-4-2-6/h5-6H,1-4H2,(H2,11,12,13). The van der Waals surface area contributed by atoms with Gasteiger partial charge in [0.05, 0.1) is 13.2 Å². The monoisotopic (exact) mass is 229 g/mol. The number of nitrogens with two attached hydrogens (primary N) is 1. The second kappa shape index (κ2) is 4.63. The van der Waals surface area contributed by atoms with Gasteiger partial charge in [0, 0.05) is 12.8 Å². The van der Waals surface area contributed by atoms with E-state index in [-0.39, 0.29) is 16.9 Å². The van der Waals surface area contributed by atoms with Crippen LogP contribution in [0.25, 0.3) is 0 Å². The number of nitrogen functional groups attached to an aromatic ring is 1. The average Bonchev–Trinajstić information content (AvgIpc) is 2.26. The van der Waals surface area contributed by atoms with E-state index in [0.717, 1.165) is 12.8 Å². The Kier molecular flexibility index (Phi) is 3.23. The molecule has 2 heterocycles. The fourth-order valence-electron chi connectivity index (χ4n) is 1.40. The van der Waals surface area contributed by atoms with E-state index in [1.165, 1.54) is 6.33 Å². The lowest BCUT2D eigenvalue weighted by Crippen LogP contribution is -2.26. The van der Waals surface area contributed by atoms with Crippen LogP contribution in [0, 0.1) is 0 Å². The van der Waals surface area contributed by atoms with E-state index >= 15 is 0 Å². The smallest absolute Gasteiger partial charge is 0.238 e. The molecule has 0 amide bonds. The Bertz CT molecular complexity index is 342. The minimum absolute atomic E-state index is 0.102. The summed E-state index contributed by atoms with van der Waals surface area (Å²) < 4.78 is 10.8. The summed E-state index contributed by atoms with van der Waals surface area (Å²) in [6, 6.07) is 0. The zero-order chi connectivity index (χ0) is 10.7. The Hall–Kier alpha value is -1.07. The first-order valence-electron chi connectivity index (χ1n) is 4.77. The number of hydrogen-bond donors (Lipinski definition) is 1. The van der Waals surface area contributed by atoms with Crippen molar-refractivity contribution in [3.05, 3.63) is 11.3 Å². The van der Waals surface area contributed by atoms with Gasteiger partial charge in [0.1, 0.15) is 23.3 Å². The molecule has 0 saturated carbocycles. The largest absolute Gasteiger partial charge is 0.473 e. The summed E-state index contributed by atoms with van der Waals surface area (Å²) in [6.07, 6.45) is 3.14. The van der Waals surface area contributed by atoms with Gasteiger partial charge < -0.3 is 15.2 Å². The van der Waals surface area contributed by atoms with Crippen LogP contribution in [0.2, 0.25) is 5.02 Å². The maximum Gasteiger partial charge on any atom is 0.238 e. The Morgan fingerprint density at radius 2 is 2.13 bits per heavy atom. The normalized spacial score (nSPS) is 17.7. The molecule has 82 valence electrons. The number of halogens is 1. The molecule has 0 radical (unpaired) electrons. The van der Waals surface area contributed by atoms with E-state index in [9.17, 15) is 0 Å². The summed E-state index contributed by atoms with van der Waals surface area (Å²) in [5, 5.41) is 0.281. The number of anilines is 1. The third kappa shape index (κ3) is 2.49. The quantitative estimate of drug-likeness (QED) is 0.827. The molecule has 0 aliphatic carbocycles. The average molecular weight is 230 g/mol. The Morgan fingerprint density at radius 1 is 1.40 bits per heavy atom. The molecular formula is C9H12ClN3O2. The van der Waals surface area contributed by atoms with E-state index in [0.29, 0.717) is 19.1 Å². The molecule has 1 saturated heterocycles. The van der Waals surface area contributed by atoms with Gasteiger partial charge in [-0.25, -0.2) is 9.97 Å². The zero-order valence-corrected chi connectivity index (χ0v) is 8.91. The summed E-state index contributed by atoms with van der Waals surface area (Å²) >= 11 is 5.91. The van der Waals surface area contributed by atoms with Crippen molar-refractivity contribution in [3.8, 4) is 5.88 Å². The van der Waals surface area contributed by atoms with Gasteiger partial charge in [0.2, 0.25) is 5.88 Å². The zero-order valence-electron chi connectivity index (χ0n) is 8.15. The minimum atomic E-state index is 0.102. The second-order valence-electron chi connectivity index (χ2n) is 3.31. The lowest BCUT2D eigenvalue weighted by atomic mass is 10.2. The fraction of sp³-hybridized carbons (Fsp3) is 0.556. The van der Waals surface area contributed by atoms with E-state index in [1.807, 2.05) is 0 Å². The molecule has 0 bridgehead atoms. The molecule has 2 rings (SSSR count). The first kappa shape index (κ1) is 10.4. The molecule has 0 unspecified atom stereocenters. The van der Waals surface area contributed by atoms with E-state index in [4.69, 9.17) is 26.8 Å². The van der Waals surface area contributed by atoms with Crippen LogP contribution in [0.3, 0.4) is 0 Å². The molecule has 0 spiro atoms. The van der Waals surface area contributed by atoms with Crippen LogP contribution in [0.4, 0.5) is 5.82 Å². The summed E-state index contributed by atoms with van der Waals surface area (Å²) in [4.78, 5) is 7.71. The van der Waals surface area contributed by atoms with Crippen molar-refractivity contribution in [2.45, 2.75) is 18.9 Å². The molecule has 0 aromatic carbocycles. The molecule has 1 fully saturated rings. The number of hydrogen-bond acceptors (Lipinski definition) is 5. The van der Waals surface area contributed by atoms with Crippen LogP contribution in [-0.2, 0) is 4.74 Å². The van der Waals surface area contributed by atoms with Gasteiger partial charge in [-0.15, -0.1) is 0 Å². The Labute approximate surface area is 92.6 Å². The van der Waals surface area contributed by atoms with Gasteiger partial charge in [-0.05, 0) is 0 Å². The van der Waals surface area contributed by atoms with Gasteiger partial charge in [0.15, 0.2) is 0 Å². The molecule has 2 N–H and O–H groups in total. The molecule has 0 atom stereocenters. The molecule has 6 heteroatoms. The predicted octanol–water partition coefficient (Wildman–Crippen LogP) is 1.27. The molecular weight excluding hydrogens is 218 g/mol. The van der Waals surface area contributed by atoms with Gasteiger partial charge >= 0.3 is 0 Å².